The van der Waals surface area contributed by atoms with Gasteiger partial charge in [0.05, 0.1) is 13.2 Å². The van der Waals surface area contributed by atoms with Crippen molar-refractivity contribution >= 4 is 0 Å². The van der Waals surface area contributed by atoms with E-state index in [9.17, 15) is 5.11 Å². The number of aryl methyl sites for hydroxylation is 2. The molecule has 4 rings (SSSR count). The molecule has 2 aliphatic heterocycles. The molecule has 0 radical (unpaired) electrons. The molecule has 0 amide bonds. The van der Waals surface area contributed by atoms with Gasteiger partial charge in [-0.3, -0.25) is 0 Å². The van der Waals surface area contributed by atoms with E-state index in [2.05, 4.69) is 0 Å². The fourth-order valence-electron chi connectivity index (χ4n) is 3.44. The van der Waals surface area contributed by atoms with E-state index >= 15 is 0 Å². The first-order valence-corrected chi connectivity index (χ1v) is 8.96. The molecule has 138 valence electrons. The largest absolute Gasteiger partial charge is 0.394 e. The number of fused-ring (bicyclic) bond motifs is 1. The highest BCUT2D eigenvalue weighted by molar-refractivity contribution is 5.24. The highest BCUT2D eigenvalue weighted by Gasteiger charge is 2.45. The van der Waals surface area contributed by atoms with E-state index in [4.69, 9.17) is 18.9 Å². The van der Waals surface area contributed by atoms with Crippen LogP contribution in [0.3, 0.4) is 0 Å². The zero-order valence-corrected chi connectivity index (χ0v) is 15.0. The number of aliphatic hydroxyl groups excluding tert-OH is 1. The van der Waals surface area contributed by atoms with E-state index in [0.29, 0.717) is 6.61 Å². The van der Waals surface area contributed by atoms with E-state index in [1.54, 1.807) is 0 Å². The summed E-state index contributed by atoms with van der Waals surface area (Å²) in [5.41, 5.74) is 4.20. The summed E-state index contributed by atoms with van der Waals surface area (Å²) in [7, 11) is 0. The minimum atomic E-state index is -0.531. The number of hydrogen-bond donors (Lipinski definition) is 1. The van der Waals surface area contributed by atoms with Crippen LogP contribution in [0.25, 0.3) is 0 Å². The third kappa shape index (κ3) is 3.54. The van der Waals surface area contributed by atoms with Crippen LogP contribution < -0.4 is 0 Å². The second-order valence-corrected chi connectivity index (χ2v) is 6.95. The fourth-order valence-corrected chi connectivity index (χ4v) is 3.44. The normalized spacial score (nSPS) is 31.4. The van der Waals surface area contributed by atoms with E-state index in [1.165, 1.54) is 5.56 Å². The van der Waals surface area contributed by atoms with Crippen molar-refractivity contribution in [2.24, 2.45) is 0 Å². The van der Waals surface area contributed by atoms with Crippen LogP contribution in [0.5, 0.6) is 0 Å². The Morgan fingerprint density at radius 2 is 1.69 bits per heavy atom. The number of ether oxygens (including phenoxy) is 4. The van der Waals surface area contributed by atoms with Gasteiger partial charge in [0, 0.05) is 11.1 Å². The highest BCUT2D eigenvalue weighted by Crippen LogP contribution is 2.37. The maximum atomic E-state index is 9.84. The summed E-state index contributed by atoms with van der Waals surface area (Å²) in [5.74, 6) is 0. The van der Waals surface area contributed by atoms with Crippen LogP contribution >= 0.6 is 0 Å². The van der Waals surface area contributed by atoms with Crippen molar-refractivity contribution in [2.75, 3.05) is 13.2 Å². The van der Waals surface area contributed by atoms with Crippen LogP contribution in [0.1, 0.15) is 34.8 Å². The molecule has 1 N–H and O–H groups in total. The van der Waals surface area contributed by atoms with Gasteiger partial charge in [0.25, 0.3) is 0 Å². The third-order valence-electron chi connectivity index (χ3n) is 4.87. The first kappa shape index (κ1) is 17.6. The van der Waals surface area contributed by atoms with E-state index in [1.807, 2.05) is 62.4 Å². The topological polar surface area (TPSA) is 57.2 Å². The lowest BCUT2D eigenvalue weighted by atomic mass is 10.0. The molecule has 2 saturated heterocycles. The van der Waals surface area contributed by atoms with Gasteiger partial charge >= 0.3 is 0 Å². The molecule has 5 unspecified atom stereocenters. The summed E-state index contributed by atoms with van der Waals surface area (Å²) in [6, 6.07) is 16.0. The molecule has 0 saturated carbocycles. The predicted molar refractivity (Wildman–Crippen MR) is 95.5 cm³/mol. The summed E-state index contributed by atoms with van der Waals surface area (Å²) < 4.78 is 24.1. The zero-order valence-electron chi connectivity index (χ0n) is 15.0. The van der Waals surface area contributed by atoms with Gasteiger partial charge in [-0.25, -0.2) is 0 Å². The lowest BCUT2D eigenvalue weighted by Crippen LogP contribution is -2.55. The Kier molecular flexibility index (Phi) is 5.07. The second-order valence-electron chi connectivity index (χ2n) is 6.95. The van der Waals surface area contributed by atoms with Gasteiger partial charge in [-0.2, -0.15) is 0 Å². The van der Waals surface area contributed by atoms with E-state index in [-0.39, 0.29) is 18.8 Å². The minimum Gasteiger partial charge on any atom is -0.394 e. The van der Waals surface area contributed by atoms with Gasteiger partial charge in [-0.15, -0.1) is 0 Å². The van der Waals surface area contributed by atoms with Gasteiger partial charge in [0.1, 0.15) is 18.3 Å². The van der Waals surface area contributed by atoms with E-state index in [0.717, 1.165) is 16.7 Å². The molecule has 26 heavy (non-hydrogen) atoms. The molecular formula is C21H24O5. The molecule has 5 atom stereocenters. The molecule has 5 nitrogen and oxygen atoms in total. The van der Waals surface area contributed by atoms with Gasteiger partial charge < -0.3 is 24.1 Å². The van der Waals surface area contributed by atoms with Crippen LogP contribution in [0, 0.1) is 13.8 Å². The van der Waals surface area contributed by atoms with Crippen molar-refractivity contribution < 1.29 is 24.1 Å². The van der Waals surface area contributed by atoms with Gasteiger partial charge in [-0.05, 0) is 13.8 Å². The summed E-state index contributed by atoms with van der Waals surface area (Å²) in [5, 5.41) is 9.84. The zero-order chi connectivity index (χ0) is 18.1. The number of rotatable bonds is 3. The van der Waals surface area contributed by atoms with Crippen molar-refractivity contribution in [1.29, 1.82) is 0 Å². The van der Waals surface area contributed by atoms with E-state index < -0.39 is 18.7 Å². The van der Waals surface area contributed by atoms with Crippen molar-refractivity contribution in [1.82, 2.24) is 0 Å². The standard InChI is InChI=1S/C21H24O5/c1-13-6-8-15(9-7-13)21-24-17(11-22)19-18(25-21)12-23-20(26-19)16-5-3-4-14(2)10-16/h3-10,17-22H,11-12H2,1-2H3. The first-order valence-electron chi connectivity index (χ1n) is 8.96. The van der Waals surface area contributed by atoms with Crippen LogP contribution in [-0.2, 0) is 18.9 Å². The summed E-state index contributed by atoms with van der Waals surface area (Å²) >= 11 is 0. The number of hydrogen-bond acceptors (Lipinski definition) is 5. The smallest absolute Gasteiger partial charge is 0.184 e. The lowest BCUT2D eigenvalue weighted by molar-refractivity contribution is -0.366. The van der Waals surface area contributed by atoms with Gasteiger partial charge in [0.15, 0.2) is 12.6 Å². The molecule has 2 aromatic carbocycles. The average Bonchev–Trinajstić information content (AvgIpc) is 2.67. The molecule has 2 aliphatic rings. The molecule has 5 heteroatoms. The number of benzene rings is 2. The Morgan fingerprint density at radius 3 is 2.42 bits per heavy atom. The Labute approximate surface area is 153 Å². The van der Waals surface area contributed by atoms with Crippen LogP contribution in [0.15, 0.2) is 48.5 Å². The minimum absolute atomic E-state index is 0.132. The third-order valence-corrected chi connectivity index (χ3v) is 4.87. The molecule has 2 aromatic rings. The molecule has 0 spiro atoms. The van der Waals surface area contributed by atoms with Crippen molar-refractivity contribution in [2.45, 2.75) is 44.7 Å². The van der Waals surface area contributed by atoms with Crippen LogP contribution in [0.4, 0.5) is 0 Å². The Bertz CT molecular complexity index is 736. The van der Waals surface area contributed by atoms with Gasteiger partial charge in [0.2, 0.25) is 0 Å². The summed E-state index contributed by atoms with van der Waals surface area (Å²) in [6.07, 6.45) is -2.13. The SMILES string of the molecule is Cc1ccc(C2OC(CO)C3OC(c4cccc(C)c4)OCC3O2)cc1. The fraction of sp³-hybridized carbons (Fsp3) is 0.429. The summed E-state index contributed by atoms with van der Waals surface area (Å²) in [6.45, 7) is 4.33. The molecule has 2 heterocycles. The van der Waals surface area contributed by atoms with Crippen LogP contribution in [0.2, 0.25) is 0 Å². The molecular weight excluding hydrogens is 332 g/mol. The molecule has 0 aliphatic carbocycles. The lowest BCUT2D eigenvalue weighted by Gasteiger charge is -2.45. The second kappa shape index (κ2) is 7.47. The number of aliphatic hydroxyl groups is 1. The predicted octanol–water partition coefficient (Wildman–Crippen LogP) is 3.19. The summed E-state index contributed by atoms with van der Waals surface area (Å²) in [4.78, 5) is 0. The maximum absolute atomic E-state index is 9.84. The quantitative estimate of drug-likeness (QED) is 0.915. The molecule has 0 aromatic heterocycles. The Morgan fingerprint density at radius 1 is 0.885 bits per heavy atom. The highest BCUT2D eigenvalue weighted by atomic mass is 16.8. The average molecular weight is 356 g/mol. The van der Waals surface area contributed by atoms with Gasteiger partial charge in [-0.1, -0.05) is 59.7 Å². The maximum Gasteiger partial charge on any atom is 0.184 e. The first-order chi connectivity index (χ1) is 12.6. The van der Waals surface area contributed by atoms with Crippen molar-refractivity contribution in [3.05, 3.63) is 70.8 Å². The molecule has 0 bridgehead atoms. The molecule has 2 fully saturated rings. The van der Waals surface area contributed by atoms with Crippen molar-refractivity contribution in [3.8, 4) is 0 Å². The van der Waals surface area contributed by atoms with Crippen LogP contribution in [-0.4, -0.2) is 36.6 Å². The monoisotopic (exact) mass is 356 g/mol. The van der Waals surface area contributed by atoms with Crippen molar-refractivity contribution in [3.63, 3.8) is 0 Å². The Hall–Kier alpha value is -1.76. The Balaban J connectivity index is 1.51.